The highest BCUT2D eigenvalue weighted by molar-refractivity contribution is 5.98. The Bertz CT molecular complexity index is 727. The fourth-order valence-electron chi connectivity index (χ4n) is 4.94. The highest BCUT2D eigenvalue weighted by Gasteiger charge is 2.31. The van der Waals surface area contributed by atoms with Gasteiger partial charge in [-0.05, 0) is 55.9 Å². The molecule has 1 N–H and O–H groups in total. The summed E-state index contributed by atoms with van der Waals surface area (Å²) in [7, 11) is 0. The average Bonchev–Trinajstić information content (AvgIpc) is 3.38. The van der Waals surface area contributed by atoms with Crippen molar-refractivity contribution in [2.45, 2.75) is 89.4 Å². The largest absolute Gasteiger partial charge is 0.373 e. The predicted octanol–water partition coefficient (Wildman–Crippen LogP) is 3.99. The number of hydrogen-bond acceptors (Lipinski definition) is 3. The Hall–Kier alpha value is -1.88. The molecule has 4 rings (SSSR count). The van der Waals surface area contributed by atoms with Crippen molar-refractivity contribution in [2.75, 3.05) is 11.4 Å². The second kappa shape index (κ2) is 8.64. The maximum Gasteiger partial charge on any atom is 0.251 e. The van der Waals surface area contributed by atoms with E-state index >= 15 is 0 Å². The van der Waals surface area contributed by atoms with Crippen molar-refractivity contribution in [3.05, 3.63) is 29.3 Å². The number of hydrogen-bond donors (Lipinski definition) is 1. The number of nitrogens with zero attached hydrogens (tertiary/aromatic N) is 1. The highest BCUT2D eigenvalue weighted by atomic mass is 16.5. The molecule has 0 unspecified atom stereocenters. The molecule has 0 aromatic heterocycles. The van der Waals surface area contributed by atoms with Gasteiger partial charge in [-0.25, -0.2) is 0 Å². The van der Waals surface area contributed by atoms with Gasteiger partial charge in [-0.1, -0.05) is 32.6 Å². The molecule has 2 aliphatic carbocycles. The summed E-state index contributed by atoms with van der Waals surface area (Å²) in [5.41, 5.74) is 2.75. The van der Waals surface area contributed by atoms with Crippen molar-refractivity contribution in [1.29, 1.82) is 0 Å². The van der Waals surface area contributed by atoms with Crippen molar-refractivity contribution < 1.29 is 14.3 Å². The Morgan fingerprint density at radius 2 is 1.86 bits per heavy atom. The van der Waals surface area contributed by atoms with Crippen LogP contribution in [-0.2, 0) is 16.0 Å². The molecule has 1 aliphatic heterocycles. The van der Waals surface area contributed by atoms with E-state index in [0.29, 0.717) is 24.6 Å². The third-order valence-corrected chi connectivity index (χ3v) is 6.53. The molecule has 0 bridgehead atoms. The Morgan fingerprint density at radius 1 is 1.11 bits per heavy atom. The van der Waals surface area contributed by atoms with E-state index in [0.717, 1.165) is 49.8 Å². The molecular formula is C23H32N2O3. The Kier molecular flexibility index (Phi) is 6.00. The van der Waals surface area contributed by atoms with Gasteiger partial charge >= 0.3 is 0 Å². The summed E-state index contributed by atoms with van der Waals surface area (Å²) in [6, 6.07) is 5.85. The van der Waals surface area contributed by atoms with Crippen LogP contribution in [0.4, 0.5) is 5.69 Å². The van der Waals surface area contributed by atoms with Gasteiger partial charge in [0.25, 0.3) is 5.91 Å². The molecule has 0 saturated heterocycles. The van der Waals surface area contributed by atoms with Crippen LogP contribution in [0.5, 0.6) is 0 Å². The van der Waals surface area contributed by atoms with Crippen molar-refractivity contribution in [2.24, 2.45) is 0 Å². The zero-order valence-electron chi connectivity index (χ0n) is 16.9. The number of benzene rings is 1. The van der Waals surface area contributed by atoms with Gasteiger partial charge in [-0.15, -0.1) is 0 Å². The van der Waals surface area contributed by atoms with E-state index in [1.165, 1.54) is 19.3 Å². The first-order valence-electron chi connectivity index (χ1n) is 11.1. The molecular weight excluding hydrogens is 352 g/mol. The quantitative estimate of drug-likeness (QED) is 0.835. The SMILES string of the molecule is CCC(=O)N1CCc2cc(C(=O)N[C@@H]3CCCC[C@H]3OC3CCCC3)ccc21. The molecule has 152 valence electrons. The first-order chi connectivity index (χ1) is 13.7. The molecule has 2 fully saturated rings. The third kappa shape index (κ3) is 4.09. The molecule has 5 heteroatoms. The number of anilines is 1. The summed E-state index contributed by atoms with van der Waals surface area (Å²) in [6.07, 6.45) is 11.1. The smallest absolute Gasteiger partial charge is 0.251 e. The molecule has 3 aliphatic rings. The Balaban J connectivity index is 1.42. The average molecular weight is 385 g/mol. The van der Waals surface area contributed by atoms with Crippen LogP contribution in [0.3, 0.4) is 0 Å². The van der Waals surface area contributed by atoms with E-state index in [4.69, 9.17) is 4.74 Å². The van der Waals surface area contributed by atoms with Gasteiger partial charge in [0, 0.05) is 24.2 Å². The van der Waals surface area contributed by atoms with Crippen LogP contribution >= 0.6 is 0 Å². The lowest BCUT2D eigenvalue weighted by molar-refractivity contribution is -0.118. The van der Waals surface area contributed by atoms with Crippen molar-refractivity contribution in [3.8, 4) is 0 Å². The molecule has 2 atom stereocenters. The summed E-state index contributed by atoms with van der Waals surface area (Å²) in [4.78, 5) is 26.8. The molecule has 1 heterocycles. The predicted molar refractivity (Wildman–Crippen MR) is 110 cm³/mol. The van der Waals surface area contributed by atoms with Gasteiger partial charge in [-0.2, -0.15) is 0 Å². The minimum atomic E-state index is -0.0185. The van der Waals surface area contributed by atoms with Gasteiger partial charge in [0.1, 0.15) is 0 Å². The minimum Gasteiger partial charge on any atom is -0.373 e. The first-order valence-corrected chi connectivity index (χ1v) is 11.1. The van der Waals surface area contributed by atoms with E-state index in [1.54, 1.807) is 0 Å². The molecule has 5 nitrogen and oxygen atoms in total. The number of carbonyl (C=O) groups is 2. The number of nitrogens with one attached hydrogen (secondary N) is 1. The normalized spacial score (nSPS) is 25.0. The van der Waals surface area contributed by atoms with Crippen LogP contribution in [0.15, 0.2) is 18.2 Å². The standard InChI is InChI=1S/C23H32N2O3/c1-2-22(26)25-14-13-16-15-17(11-12-20(16)25)23(27)24-19-9-5-6-10-21(19)28-18-7-3-4-8-18/h11-12,15,18-19,21H,2-10,13-14H2,1H3,(H,24,27)/t19-,21-/m1/s1. The van der Waals surface area contributed by atoms with E-state index < -0.39 is 0 Å². The number of amides is 2. The zero-order valence-corrected chi connectivity index (χ0v) is 16.9. The fourth-order valence-corrected chi connectivity index (χ4v) is 4.94. The topological polar surface area (TPSA) is 58.6 Å². The lowest BCUT2D eigenvalue weighted by atomic mass is 9.91. The van der Waals surface area contributed by atoms with Crippen LogP contribution in [-0.4, -0.2) is 36.6 Å². The fraction of sp³-hybridized carbons (Fsp3) is 0.652. The molecule has 1 aromatic carbocycles. The van der Waals surface area contributed by atoms with Gasteiger partial charge < -0.3 is 15.0 Å². The molecule has 0 radical (unpaired) electrons. The van der Waals surface area contributed by atoms with Crippen LogP contribution in [0.25, 0.3) is 0 Å². The van der Waals surface area contributed by atoms with E-state index in [2.05, 4.69) is 5.32 Å². The van der Waals surface area contributed by atoms with E-state index in [9.17, 15) is 9.59 Å². The summed E-state index contributed by atoms with van der Waals surface area (Å²) in [5.74, 6) is 0.125. The zero-order chi connectivity index (χ0) is 19.5. The van der Waals surface area contributed by atoms with Gasteiger partial charge in [0.15, 0.2) is 0 Å². The van der Waals surface area contributed by atoms with Crippen molar-refractivity contribution in [1.82, 2.24) is 5.32 Å². The summed E-state index contributed by atoms with van der Waals surface area (Å²) in [6.45, 7) is 2.60. The number of rotatable bonds is 5. The van der Waals surface area contributed by atoms with Crippen LogP contribution in [0.1, 0.15) is 80.6 Å². The molecule has 1 aromatic rings. The summed E-state index contributed by atoms with van der Waals surface area (Å²) >= 11 is 0. The van der Waals surface area contributed by atoms with Crippen LogP contribution < -0.4 is 10.2 Å². The molecule has 2 amide bonds. The van der Waals surface area contributed by atoms with Crippen LogP contribution in [0, 0.1) is 0 Å². The second-order valence-corrected chi connectivity index (χ2v) is 8.44. The molecule has 28 heavy (non-hydrogen) atoms. The number of carbonyl (C=O) groups excluding carboxylic acids is 2. The van der Waals surface area contributed by atoms with Crippen LogP contribution in [0.2, 0.25) is 0 Å². The maximum atomic E-state index is 12.9. The Labute approximate surface area is 167 Å². The van der Waals surface area contributed by atoms with Gasteiger partial charge in [0.05, 0.1) is 18.2 Å². The lowest BCUT2D eigenvalue weighted by Crippen LogP contribution is -2.47. The number of fused-ring (bicyclic) bond motifs is 1. The summed E-state index contributed by atoms with van der Waals surface area (Å²) in [5, 5.41) is 3.25. The highest BCUT2D eigenvalue weighted by Crippen LogP contribution is 2.31. The van der Waals surface area contributed by atoms with E-state index in [1.807, 2.05) is 30.0 Å². The maximum absolute atomic E-state index is 12.9. The van der Waals surface area contributed by atoms with Crippen molar-refractivity contribution in [3.63, 3.8) is 0 Å². The van der Waals surface area contributed by atoms with Gasteiger partial charge in [0.2, 0.25) is 5.91 Å². The van der Waals surface area contributed by atoms with Gasteiger partial charge in [-0.3, -0.25) is 9.59 Å². The Morgan fingerprint density at radius 3 is 2.64 bits per heavy atom. The van der Waals surface area contributed by atoms with Crippen molar-refractivity contribution >= 4 is 17.5 Å². The monoisotopic (exact) mass is 384 g/mol. The van der Waals surface area contributed by atoms with E-state index in [-0.39, 0.29) is 24.0 Å². The third-order valence-electron chi connectivity index (χ3n) is 6.53. The lowest BCUT2D eigenvalue weighted by Gasteiger charge is -2.34. The minimum absolute atomic E-state index is 0.0185. The number of ether oxygens (including phenoxy) is 1. The first kappa shape index (κ1) is 19.4. The second-order valence-electron chi connectivity index (χ2n) is 8.44. The molecule has 0 spiro atoms. The summed E-state index contributed by atoms with van der Waals surface area (Å²) < 4.78 is 6.37. The molecule has 2 saturated carbocycles.